The van der Waals surface area contributed by atoms with Crippen molar-refractivity contribution in [2.24, 2.45) is 0 Å². The van der Waals surface area contributed by atoms with Crippen molar-refractivity contribution < 1.29 is 4.42 Å². The van der Waals surface area contributed by atoms with Gasteiger partial charge in [0.2, 0.25) is 0 Å². The number of nitrogens with one attached hydrogen (secondary N) is 1. The molecule has 0 saturated carbocycles. The Morgan fingerprint density at radius 1 is 1.32 bits per heavy atom. The van der Waals surface area contributed by atoms with Crippen molar-refractivity contribution in [2.75, 3.05) is 26.7 Å². The molecule has 0 aliphatic carbocycles. The third kappa shape index (κ3) is 4.34. The van der Waals surface area contributed by atoms with Crippen molar-refractivity contribution in [1.82, 2.24) is 15.1 Å². The molecule has 1 aromatic heterocycles. The Kier molecular flexibility index (Phi) is 5.02. The van der Waals surface area contributed by atoms with Crippen LogP contribution < -0.4 is 5.32 Å². The van der Waals surface area contributed by atoms with Gasteiger partial charge in [0.05, 0.1) is 13.1 Å². The van der Waals surface area contributed by atoms with Crippen LogP contribution in [0.2, 0.25) is 0 Å². The summed E-state index contributed by atoms with van der Waals surface area (Å²) in [4.78, 5) is 4.89. The van der Waals surface area contributed by atoms with E-state index in [4.69, 9.17) is 4.42 Å². The van der Waals surface area contributed by atoms with E-state index >= 15 is 0 Å². The quantitative estimate of drug-likeness (QED) is 0.881. The highest BCUT2D eigenvalue weighted by atomic mass is 16.3. The number of likely N-dealkylation sites (N-methyl/N-ethyl adjacent to an activating group) is 1. The predicted octanol–water partition coefficient (Wildman–Crippen LogP) is 1.91. The summed E-state index contributed by atoms with van der Waals surface area (Å²) in [6, 6.07) is 5.32. The lowest BCUT2D eigenvalue weighted by Gasteiger charge is -2.37. The molecule has 1 aliphatic heterocycles. The number of piperazine rings is 1. The summed E-state index contributed by atoms with van der Waals surface area (Å²) in [5, 5.41) is 3.38. The normalized spacial score (nSPS) is 22.3. The standard InChI is InChI=1S/C15H27N3O/c1-12(2)16-9-14-5-6-15(19-14)11-18-8-7-17(4)13(3)10-18/h5-6,12-13,16H,7-11H2,1-4H3. The topological polar surface area (TPSA) is 31.6 Å². The van der Waals surface area contributed by atoms with Gasteiger partial charge in [0, 0.05) is 31.7 Å². The van der Waals surface area contributed by atoms with E-state index in [9.17, 15) is 0 Å². The van der Waals surface area contributed by atoms with E-state index in [1.165, 1.54) is 0 Å². The van der Waals surface area contributed by atoms with Gasteiger partial charge in [-0.1, -0.05) is 13.8 Å². The molecular weight excluding hydrogens is 238 g/mol. The number of furan rings is 1. The molecule has 1 saturated heterocycles. The summed E-state index contributed by atoms with van der Waals surface area (Å²) in [6.07, 6.45) is 0. The van der Waals surface area contributed by atoms with E-state index in [2.05, 4.69) is 55.1 Å². The summed E-state index contributed by atoms with van der Waals surface area (Å²) in [5.74, 6) is 2.11. The molecule has 19 heavy (non-hydrogen) atoms. The Balaban J connectivity index is 1.83. The smallest absolute Gasteiger partial charge is 0.118 e. The average molecular weight is 265 g/mol. The summed E-state index contributed by atoms with van der Waals surface area (Å²) in [7, 11) is 2.20. The van der Waals surface area contributed by atoms with Crippen LogP contribution in [0.25, 0.3) is 0 Å². The fourth-order valence-electron chi connectivity index (χ4n) is 2.39. The van der Waals surface area contributed by atoms with Gasteiger partial charge in [-0.2, -0.15) is 0 Å². The van der Waals surface area contributed by atoms with Gasteiger partial charge in [-0.25, -0.2) is 0 Å². The van der Waals surface area contributed by atoms with E-state index in [-0.39, 0.29) is 0 Å². The summed E-state index contributed by atoms with van der Waals surface area (Å²) >= 11 is 0. The van der Waals surface area contributed by atoms with Crippen molar-refractivity contribution in [1.29, 1.82) is 0 Å². The van der Waals surface area contributed by atoms with Gasteiger partial charge in [0.1, 0.15) is 11.5 Å². The summed E-state index contributed by atoms with van der Waals surface area (Å²) in [6.45, 7) is 11.7. The number of nitrogens with zero attached hydrogens (tertiary/aromatic N) is 2. The molecule has 1 aliphatic rings. The minimum Gasteiger partial charge on any atom is -0.463 e. The van der Waals surface area contributed by atoms with Crippen LogP contribution in [0, 0.1) is 0 Å². The molecule has 0 radical (unpaired) electrons. The average Bonchev–Trinajstić information content (AvgIpc) is 2.79. The highest BCUT2D eigenvalue weighted by molar-refractivity contribution is 5.07. The van der Waals surface area contributed by atoms with Crippen molar-refractivity contribution in [3.8, 4) is 0 Å². The van der Waals surface area contributed by atoms with Gasteiger partial charge in [0.15, 0.2) is 0 Å². The van der Waals surface area contributed by atoms with Crippen LogP contribution in [0.5, 0.6) is 0 Å². The molecule has 2 rings (SSSR count). The monoisotopic (exact) mass is 265 g/mol. The van der Waals surface area contributed by atoms with E-state index in [0.717, 1.165) is 44.2 Å². The lowest BCUT2D eigenvalue weighted by Crippen LogP contribution is -2.49. The van der Waals surface area contributed by atoms with E-state index < -0.39 is 0 Å². The second-order valence-electron chi connectivity index (χ2n) is 5.97. The van der Waals surface area contributed by atoms with E-state index in [1.807, 2.05) is 0 Å². The molecule has 1 atom stereocenters. The van der Waals surface area contributed by atoms with Crippen LogP contribution in [0.15, 0.2) is 16.5 Å². The zero-order chi connectivity index (χ0) is 13.8. The highest BCUT2D eigenvalue weighted by Crippen LogP contribution is 2.14. The third-order valence-electron chi connectivity index (χ3n) is 3.83. The Morgan fingerprint density at radius 2 is 2.05 bits per heavy atom. The van der Waals surface area contributed by atoms with E-state index in [0.29, 0.717) is 12.1 Å². The Labute approximate surface area is 116 Å². The molecule has 0 spiro atoms. The fraction of sp³-hybridized carbons (Fsp3) is 0.733. The van der Waals surface area contributed by atoms with Gasteiger partial charge < -0.3 is 14.6 Å². The molecule has 4 nitrogen and oxygen atoms in total. The van der Waals surface area contributed by atoms with Crippen molar-refractivity contribution in [2.45, 2.75) is 45.9 Å². The predicted molar refractivity (Wildman–Crippen MR) is 78.1 cm³/mol. The van der Waals surface area contributed by atoms with Crippen LogP contribution in [-0.2, 0) is 13.1 Å². The maximum Gasteiger partial charge on any atom is 0.118 e. The summed E-state index contributed by atoms with van der Waals surface area (Å²) < 4.78 is 5.88. The van der Waals surface area contributed by atoms with Crippen LogP contribution in [-0.4, -0.2) is 48.6 Å². The second kappa shape index (κ2) is 6.55. The number of hydrogen-bond donors (Lipinski definition) is 1. The minimum atomic E-state index is 0.493. The van der Waals surface area contributed by atoms with Crippen molar-refractivity contribution in [3.63, 3.8) is 0 Å². The first-order valence-electron chi connectivity index (χ1n) is 7.28. The maximum atomic E-state index is 5.88. The van der Waals surface area contributed by atoms with Crippen molar-refractivity contribution in [3.05, 3.63) is 23.7 Å². The Bertz CT molecular complexity index is 388. The minimum absolute atomic E-state index is 0.493. The van der Waals surface area contributed by atoms with Crippen LogP contribution in [0.1, 0.15) is 32.3 Å². The van der Waals surface area contributed by atoms with Crippen molar-refractivity contribution >= 4 is 0 Å². The molecular formula is C15H27N3O. The third-order valence-corrected chi connectivity index (χ3v) is 3.83. The first kappa shape index (κ1) is 14.6. The largest absolute Gasteiger partial charge is 0.463 e. The van der Waals surface area contributed by atoms with Crippen LogP contribution in [0.4, 0.5) is 0 Å². The molecule has 1 N–H and O–H groups in total. The lowest BCUT2D eigenvalue weighted by atomic mass is 10.2. The molecule has 0 bridgehead atoms. The number of rotatable bonds is 5. The van der Waals surface area contributed by atoms with Gasteiger partial charge in [-0.3, -0.25) is 4.90 Å². The zero-order valence-corrected chi connectivity index (χ0v) is 12.6. The van der Waals surface area contributed by atoms with Crippen LogP contribution in [0.3, 0.4) is 0 Å². The Hall–Kier alpha value is -0.840. The highest BCUT2D eigenvalue weighted by Gasteiger charge is 2.21. The van der Waals surface area contributed by atoms with Crippen LogP contribution >= 0.6 is 0 Å². The van der Waals surface area contributed by atoms with Gasteiger partial charge in [0.25, 0.3) is 0 Å². The zero-order valence-electron chi connectivity index (χ0n) is 12.6. The van der Waals surface area contributed by atoms with Gasteiger partial charge >= 0.3 is 0 Å². The SMILES string of the molecule is CC(C)NCc1ccc(CN2CCN(C)C(C)C2)o1. The first-order valence-corrected chi connectivity index (χ1v) is 7.28. The molecule has 0 amide bonds. The first-order chi connectivity index (χ1) is 9.04. The molecule has 1 fully saturated rings. The second-order valence-corrected chi connectivity index (χ2v) is 5.97. The molecule has 4 heteroatoms. The molecule has 1 aromatic rings. The maximum absolute atomic E-state index is 5.88. The van der Waals surface area contributed by atoms with Gasteiger partial charge in [-0.05, 0) is 26.1 Å². The molecule has 1 unspecified atom stereocenters. The Morgan fingerprint density at radius 3 is 2.74 bits per heavy atom. The molecule has 2 heterocycles. The summed E-state index contributed by atoms with van der Waals surface area (Å²) in [5.41, 5.74) is 0. The fourth-order valence-corrected chi connectivity index (χ4v) is 2.39. The molecule has 0 aromatic carbocycles. The van der Waals surface area contributed by atoms with E-state index in [1.54, 1.807) is 0 Å². The molecule has 108 valence electrons. The number of hydrogen-bond acceptors (Lipinski definition) is 4. The lowest BCUT2D eigenvalue weighted by molar-refractivity contribution is 0.0943. The van der Waals surface area contributed by atoms with Gasteiger partial charge in [-0.15, -0.1) is 0 Å².